The zero-order valence-corrected chi connectivity index (χ0v) is 15.6. The molecular formula is C13H21BrN2O3S2. The fourth-order valence-corrected chi connectivity index (χ4v) is 4.69. The lowest BCUT2D eigenvalue weighted by Crippen LogP contribution is -2.40. The standard InChI is InChI=1S/C13H21BrN2O3S2/c1-9(2)4-5-10(3)16-12(17)8-15-21(18,19)13-7-6-11(14)20-13/h6-7,9-10,15H,4-5,8H2,1-3H3,(H,16,17)/t10-/m0/s1. The van der Waals surface area contributed by atoms with E-state index in [1.807, 2.05) is 6.92 Å². The zero-order valence-electron chi connectivity index (χ0n) is 12.3. The third kappa shape index (κ3) is 6.90. The Kier molecular flexibility index (Phi) is 7.32. The van der Waals surface area contributed by atoms with Crippen molar-refractivity contribution in [3.05, 3.63) is 15.9 Å². The molecule has 0 aromatic carbocycles. The predicted molar refractivity (Wildman–Crippen MR) is 88.9 cm³/mol. The maximum absolute atomic E-state index is 11.9. The SMILES string of the molecule is CC(C)CC[C@H](C)NC(=O)CNS(=O)(=O)c1ccc(Br)s1. The van der Waals surface area contributed by atoms with Crippen LogP contribution in [-0.4, -0.2) is 26.9 Å². The number of sulfonamides is 1. The van der Waals surface area contributed by atoms with Crippen LogP contribution in [0.1, 0.15) is 33.6 Å². The van der Waals surface area contributed by atoms with Gasteiger partial charge in [-0.2, -0.15) is 0 Å². The molecule has 1 atom stereocenters. The summed E-state index contributed by atoms with van der Waals surface area (Å²) in [5, 5.41) is 2.79. The van der Waals surface area contributed by atoms with E-state index in [1.165, 1.54) is 6.07 Å². The van der Waals surface area contributed by atoms with Gasteiger partial charge < -0.3 is 5.32 Å². The van der Waals surface area contributed by atoms with Crippen molar-refractivity contribution in [3.8, 4) is 0 Å². The fourth-order valence-electron chi connectivity index (χ4n) is 1.66. The van der Waals surface area contributed by atoms with E-state index in [0.29, 0.717) is 5.92 Å². The summed E-state index contributed by atoms with van der Waals surface area (Å²) < 4.78 is 27.1. The quantitative estimate of drug-likeness (QED) is 0.708. The minimum atomic E-state index is -3.62. The Bertz CT molecular complexity index is 570. The number of carbonyl (C=O) groups excluding carboxylic acids is 1. The highest BCUT2D eigenvalue weighted by Gasteiger charge is 2.18. The monoisotopic (exact) mass is 396 g/mol. The van der Waals surface area contributed by atoms with E-state index >= 15 is 0 Å². The van der Waals surface area contributed by atoms with Crippen LogP contribution in [0.5, 0.6) is 0 Å². The summed E-state index contributed by atoms with van der Waals surface area (Å²) >= 11 is 4.32. The second-order valence-corrected chi connectivity index (χ2v) is 9.78. The van der Waals surface area contributed by atoms with Gasteiger partial charge in [-0.25, -0.2) is 13.1 Å². The average Bonchev–Trinajstić information content (AvgIpc) is 2.82. The van der Waals surface area contributed by atoms with Crippen LogP contribution < -0.4 is 10.0 Å². The first-order valence-corrected chi connectivity index (χ1v) is 9.84. The fraction of sp³-hybridized carbons (Fsp3) is 0.615. The van der Waals surface area contributed by atoms with E-state index in [0.717, 1.165) is 28.0 Å². The summed E-state index contributed by atoms with van der Waals surface area (Å²) in [7, 11) is -3.62. The third-order valence-electron chi connectivity index (χ3n) is 2.82. The zero-order chi connectivity index (χ0) is 16.0. The Hall–Kier alpha value is -0.440. The molecule has 8 heteroatoms. The normalized spacial score (nSPS) is 13.4. The molecule has 1 aromatic rings. The van der Waals surface area contributed by atoms with Crippen molar-refractivity contribution >= 4 is 43.2 Å². The molecule has 1 rings (SSSR count). The molecule has 21 heavy (non-hydrogen) atoms. The number of carbonyl (C=O) groups is 1. The largest absolute Gasteiger partial charge is 0.353 e. The second-order valence-electron chi connectivity index (χ2n) is 5.32. The smallest absolute Gasteiger partial charge is 0.250 e. The first-order valence-electron chi connectivity index (χ1n) is 6.75. The number of rotatable bonds is 8. The van der Waals surface area contributed by atoms with Crippen LogP contribution in [0, 0.1) is 5.92 Å². The third-order valence-corrected chi connectivity index (χ3v) is 6.34. The van der Waals surface area contributed by atoms with Crippen molar-refractivity contribution < 1.29 is 13.2 Å². The van der Waals surface area contributed by atoms with Crippen LogP contribution in [0.3, 0.4) is 0 Å². The summed E-state index contributed by atoms with van der Waals surface area (Å²) in [6, 6.07) is 3.20. The van der Waals surface area contributed by atoms with Crippen LogP contribution in [0.4, 0.5) is 0 Å². The van der Waals surface area contributed by atoms with E-state index in [-0.39, 0.29) is 22.7 Å². The Morgan fingerprint density at radius 2 is 1.95 bits per heavy atom. The van der Waals surface area contributed by atoms with E-state index in [1.54, 1.807) is 6.07 Å². The van der Waals surface area contributed by atoms with Gasteiger partial charge in [0.1, 0.15) is 4.21 Å². The van der Waals surface area contributed by atoms with Gasteiger partial charge in [0.2, 0.25) is 5.91 Å². The second kappa shape index (κ2) is 8.26. The van der Waals surface area contributed by atoms with Gasteiger partial charge in [-0.15, -0.1) is 11.3 Å². The molecule has 1 heterocycles. The summed E-state index contributed by atoms with van der Waals surface area (Å²) in [5.74, 6) is 0.269. The van der Waals surface area contributed by atoms with E-state index in [4.69, 9.17) is 0 Å². The first-order chi connectivity index (χ1) is 9.70. The molecule has 0 radical (unpaired) electrons. The Morgan fingerprint density at radius 3 is 2.48 bits per heavy atom. The lowest BCUT2D eigenvalue weighted by atomic mass is 10.0. The minimum absolute atomic E-state index is 0.0419. The number of hydrogen-bond donors (Lipinski definition) is 2. The van der Waals surface area contributed by atoms with Gasteiger partial charge in [0, 0.05) is 6.04 Å². The molecule has 5 nitrogen and oxygen atoms in total. The van der Waals surface area contributed by atoms with Crippen LogP contribution in [0.2, 0.25) is 0 Å². The summed E-state index contributed by atoms with van der Waals surface area (Å²) in [5.41, 5.74) is 0. The van der Waals surface area contributed by atoms with Crippen molar-refractivity contribution in [2.24, 2.45) is 5.92 Å². The van der Waals surface area contributed by atoms with Gasteiger partial charge in [0.05, 0.1) is 10.3 Å². The minimum Gasteiger partial charge on any atom is -0.353 e. The van der Waals surface area contributed by atoms with Gasteiger partial charge in [0.15, 0.2) is 0 Å². The average molecular weight is 397 g/mol. The van der Waals surface area contributed by atoms with Crippen molar-refractivity contribution in [1.82, 2.24) is 10.0 Å². The van der Waals surface area contributed by atoms with Gasteiger partial charge in [-0.3, -0.25) is 4.79 Å². The number of halogens is 1. The Labute approximate surface area is 138 Å². The molecule has 1 amide bonds. The molecule has 2 N–H and O–H groups in total. The van der Waals surface area contributed by atoms with E-state index in [9.17, 15) is 13.2 Å². The Morgan fingerprint density at radius 1 is 1.29 bits per heavy atom. The number of amides is 1. The summed E-state index contributed by atoms with van der Waals surface area (Å²) in [6.45, 7) is 5.93. The van der Waals surface area contributed by atoms with Crippen LogP contribution in [0.25, 0.3) is 0 Å². The van der Waals surface area contributed by atoms with Gasteiger partial charge in [-0.05, 0) is 53.7 Å². The van der Waals surface area contributed by atoms with Crippen LogP contribution in [0.15, 0.2) is 20.1 Å². The molecule has 0 bridgehead atoms. The molecule has 0 saturated carbocycles. The molecule has 0 aliphatic heterocycles. The van der Waals surface area contributed by atoms with Crippen molar-refractivity contribution in [3.63, 3.8) is 0 Å². The molecule has 0 spiro atoms. The maximum Gasteiger partial charge on any atom is 0.250 e. The lowest BCUT2D eigenvalue weighted by Gasteiger charge is -2.15. The van der Waals surface area contributed by atoms with Gasteiger partial charge in [0.25, 0.3) is 10.0 Å². The van der Waals surface area contributed by atoms with E-state index in [2.05, 4.69) is 39.8 Å². The van der Waals surface area contributed by atoms with Crippen LogP contribution in [-0.2, 0) is 14.8 Å². The molecule has 0 saturated heterocycles. The molecule has 120 valence electrons. The topological polar surface area (TPSA) is 75.3 Å². The predicted octanol–water partition coefficient (Wildman–Crippen LogP) is 2.73. The lowest BCUT2D eigenvalue weighted by molar-refractivity contribution is -0.120. The summed E-state index contributed by atoms with van der Waals surface area (Å²) in [4.78, 5) is 11.7. The van der Waals surface area contributed by atoms with E-state index < -0.39 is 10.0 Å². The molecule has 0 aliphatic rings. The highest BCUT2D eigenvalue weighted by Crippen LogP contribution is 2.25. The maximum atomic E-state index is 11.9. The highest BCUT2D eigenvalue weighted by atomic mass is 79.9. The van der Waals surface area contributed by atoms with Crippen molar-refractivity contribution in [2.45, 2.75) is 43.9 Å². The highest BCUT2D eigenvalue weighted by molar-refractivity contribution is 9.11. The molecule has 0 aliphatic carbocycles. The van der Waals surface area contributed by atoms with Crippen LogP contribution >= 0.6 is 27.3 Å². The first kappa shape index (κ1) is 18.6. The van der Waals surface area contributed by atoms with Crippen molar-refractivity contribution in [2.75, 3.05) is 6.54 Å². The molecular weight excluding hydrogens is 376 g/mol. The number of hydrogen-bond acceptors (Lipinski definition) is 4. The van der Waals surface area contributed by atoms with Crippen molar-refractivity contribution in [1.29, 1.82) is 0 Å². The number of thiophene rings is 1. The molecule has 0 fully saturated rings. The van der Waals surface area contributed by atoms with Gasteiger partial charge in [-0.1, -0.05) is 13.8 Å². The van der Waals surface area contributed by atoms with Gasteiger partial charge >= 0.3 is 0 Å². The summed E-state index contributed by atoms with van der Waals surface area (Å²) in [6.07, 6.45) is 1.91. The number of nitrogens with one attached hydrogen (secondary N) is 2. The molecule has 0 unspecified atom stereocenters. The Balaban J connectivity index is 2.42. The molecule has 1 aromatic heterocycles.